The molecule has 0 fully saturated rings. The number of aromatic amines is 1. The summed E-state index contributed by atoms with van der Waals surface area (Å²) in [6, 6.07) is 6.00. The molecule has 2 aromatic heterocycles. The molecule has 2 N–H and O–H groups in total. The Morgan fingerprint density at radius 3 is 2.49 bits per heavy atom. The van der Waals surface area contributed by atoms with E-state index in [4.69, 9.17) is 11.6 Å². The van der Waals surface area contributed by atoms with E-state index in [1.54, 1.807) is 12.1 Å². The Morgan fingerprint density at radius 1 is 1.11 bits per heavy atom. The molecule has 0 aliphatic rings. The number of aromatic nitrogens is 4. The third-order valence-electron chi connectivity index (χ3n) is 5.49. The molecule has 0 unspecified atom stereocenters. The lowest BCUT2D eigenvalue weighted by atomic mass is 10.2. The molecule has 0 atom stereocenters. The van der Waals surface area contributed by atoms with Gasteiger partial charge in [0.05, 0.1) is 0 Å². The van der Waals surface area contributed by atoms with Crippen molar-refractivity contribution < 1.29 is 18.3 Å². The molecule has 35 heavy (non-hydrogen) atoms. The van der Waals surface area contributed by atoms with Crippen LogP contribution in [-0.2, 0) is 24.4 Å². The number of carbonyl (C=O) groups is 1. The Morgan fingerprint density at radius 2 is 1.80 bits per heavy atom. The lowest BCUT2D eigenvalue weighted by Gasteiger charge is -2.11. The van der Waals surface area contributed by atoms with E-state index in [-0.39, 0.29) is 47.6 Å². The minimum absolute atomic E-state index is 0.0466. The molecule has 1 aromatic carbocycles. The lowest BCUT2D eigenvalue weighted by molar-refractivity contribution is -0.121. The van der Waals surface area contributed by atoms with E-state index < -0.39 is 17.9 Å². The van der Waals surface area contributed by atoms with Crippen LogP contribution in [0, 0.1) is 0 Å². The number of alkyl halides is 2. The van der Waals surface area contributed by atoms with Gasteiger partial charge in [-0.05, 0) is 48.6 Å². The highest BCUT2D eigenvalue weighted by molar-refractivity contribution is 6.28. The van der Waals surface area contributed by atoms with Gasteiger partial charge in [-0.25, -0.2) is 4.79 Å². The second-order valence-electron chi connectivity index (χ2n) is 8.08. The van der Waals surface area contributed by atoms with Gasteiger partial charge in [-0.15, -0.1) is 0 Å². The predicted molar refractivity (Wildman–Crippen MR) is 128 cm³/mol. The van der Waals surface area contributed by atoms with Crippen LogP contribution in [0.1, 0.15) is 51.0 Å². The second kappa shape index (κ2) is 12.5. The predicted octanol–water partition coefficient (Wildman–Crippen LogP) is 3.82. The van der Waals surface area contributed by atoms with Crippen molar-refractivity contribution in [1.82, 2.24) is 24.4 Å². The quantitative estimate of drug-likeness (QED) is 0.268. The average Bonchev–Trinajstić information content (AvgIpc) is 3.21. The number of benzene rings is 1. The number of rotatable bonds is 13. The third kappa shape index (κ3) is 7.14. The molecule has 12 heteroatoms. The minimum Gasteiger partial charge on any atom is -0.435 e. The Bertz CT molecular complexity index is 1250. The Kier molecular flexibility index (Phi) is 9.41. The fourth-order valence-corrected chi connectivity index (χ4v) is 3.86. The second-order valence-corrected chi connectivity index (χ2v) is 8.44. The van der Waals surface area contributed by atoms with E-state index in [1.165, 1.54) is 16.7 Å². The summed E-state index contributed by atoms with van der Waals surface area (Å²) in [4.78, 5) is 44.8. The van der Waals surface area contributed by atoms with Crippen LogP contribution >= 0.6 is 11.6 Å². The van der Waals surface area contributed by atoms with Gasteiger partial charge < -0.3 is 15.0 Å². The third-order valence-corrected chi connectivity index (χ3v) is 5.67. The first-order chi connectivity index (χ1) is 16.8. The number of imidazole rings is 1. The zero-order valence-corrected chi connectivity index (χ0v) is 20.1. The summed E-state index contributed by atoms with van der Waals surface area (Å²) in [7, 11) is 0. The van der Waals surface area contributed by atoms with Crippen LogP contribution in [0.4, 0.5) is 8.78 Å². The Labute approximate surface area is 205 Å². The van der Waals surface area contributed by atoms with Gasteiger partial charge in [-0.2, -0.15) is 13.8 Å². The fraction of sp³-hybridized carbons (Fsp3) is 0.478. The lowest BCUT2D eigenvalue weighted by Crippen LogP contribution is -2.40. The maximum Gasteiger partial charge on any atom is 0.387 e. The first kappa shape index (κ1) is 26.4. The van der Waals surface area contributed by atoms with Gasteiger partial charge in [0, 0.05) is 26.1 Å². The van der Waals surface area contributed by atoms with Gasteiger partial charge in [-0.3, -0.25) is 18.7 Å². The summed E-state index contributed by atoms with van der Waals surface area (Å²) < 4.78 is 31.3. The first-order valence-corrected chi connectivity index (χ1v) is 11.9. The van der Waals surface area contributed by atoms with Gasteiger partial charge in [0.15, 0.2) is 11.2 Å². The maximum atomic E-state index is 13.0. The van der Waals surface area contributed by atoms with E-state index in [0.717, 1.165) is 29.4 Å². The molecule has 3 rings (SSSR count). The average molecular weight is 512 g/mol. The van der Waals surface area contributed by atoms with Crippen molar-refractivity contribution in [3.8, 4) is 5.75 Å². The first-order valence-electron chi connectivity index (χ1n) is 11.5. The molecule has 0 spiro atoms. The summed E-state index contributed by atoms with van der Waals surface area (Å²) in [5.74, 6) is -0.150. The van der Waals surface area contributed by atoms with Crippen LogP contribution in [0.5, 0.6) is 5.75 Å². The number of H-pyrrole nitrogens is 1. The Balaban J connectivity index is 1.54. The van der Waals surface area contributed by atoms with Crippen molar-refractivity contribution in [2.75, 3.05) is 0 Å². The van der Waals surface area contributed by atoms with Crippen LogP contribution in [0.2, 0.25) is 5.28 Å². The zero-order chi connectivity index (χ0) is 25.4. The van der Waals surface area contributed by atoms with Gasteiger partial charge >= 0.3 is 12.3 Å². The van der Waals surface area contributed by atoms with E-state index >= 15 is 0 Å². The number of hydrogen-bond acceptors (Lipinski definition) is 5. The highest BCUT2D eigenvalue weighted by atomic mass is 35.5. The summed E-state index contributed by atoms with van der Waals surface area (Å²) in [6.45, 7) is 0.00805. The highest BCUT2D eigenvalue weighted by Gasteiger charge is 2.16. The molecular formula is C23H28ClF2N5O4. The molecule has 0 aliphatic carbocycles. The number of carbonyl (C=O) groups excluding carboxylic acids is 1. The number of unbranched alkanes of at least 4 members (excludes halogenated alkanes) is 3. The molecule has 0 saturated heterocycles. The normalized spacial score (nSPS) is 11.3. The van der Waals surface area contributed by atoms with Crippen molar-refractivity contribution in [3.05, 3.63) is 56.0 Å². The minimum atomic E-state index is -2.89. The van der Waals surface area contributed by atoms with E-state index in [9.17, 15) is 23.2 Å². The number of amides is 1. The van der Waals surface area contributed by atoms with Crippen LogP contribution in [0.25, 0.3) is 11.2 Å². The van der Waals surface area contributed by atoms with Crippen molar-refractivity contribution in [1.29, 1.82) is 0 Å². The summed E-state index contributed by atoms with van der Waals surface area (Å²) in [5, 5.41) is 2.80. The van der Waals surface area contributed by atoms with E-state index in [1.807, 2.05) is 0 Å². The topological polar surface area (TPSA) is 111 Å². The summed E-state index contributed by atoms with van der Waals surface area (Å²) in [6.07, 6.45) is 3.83. The molecular weight excluding hydrogens is 484 g/mol. The largest absolute Gasteiger partial charge is 0.435 e. The number of fused-ring (bicyclic) bond motifs is 1. The number of hydrogen-bond donors (Lipinski definition) is 2. The SMILES string of the molecule is CCCCCn1c(=O)n(CCCCC(=O)NCc2ccc(OC(F)F)cc2)c(=O)c2[nH]c(Cl)nc21. The molecule has 190 valence electrons. The number of nitrogens with zero attached hydrogens (tertiary/aromatic N) is 3. The summed E-state index contributed by atoms with van der Waals surface area (Å²) >= 11 is 5.95. The van der Waals surface area contributed by atoms with Crippen LogP contribution in [0.3, 0.4) is 0 Å². The van der Waals surface area contributed by atoms with Crippen LogP contribution in [0.15, 0.2) is 33.9 Å². The summed E-state index contributed by atoms with van der Waals surface area (Å²) in [5.41, 5.74) is 0.256. The number of aryl methyl sites for hydroxylation is 1. The smallest absolute Gasteiger partial charge is 0.387 e. The molecule has 0 radical (unpaired) electrons. The zero-order valence-electron chi connectivity index (χ0n) is 19.4. The Hall–Kier alpha value is -3.21. The molecule has 2 heterocycles. The monoisotopic (exact) mass is 511 g/mol. The fourth-order valence-electron chi connectivity index (χ4n) is 3.69. The van der Waals surface area contributed by atoms with Gasteiger partial charge in [-0.1, -0.05) is 31.9 Å². The number of ether oxygens (including phenoxy) is 1. The number of halogens is 3. The van der Waals surface area contributed by atoms with Gasteiger partial charge in [0.25, 0.3) is 5.56 Å². The molecule has 3 aromatic rings. The molecule has 0 bridgehead atoms. The van der Waals surface area contributed by atoms with Gasteiger partial charge in [0.2, 0.25) is 11.2 Å². The van der Waals surface area contributed by atoms with Crippen LogP contribution < -0.4 is 21.3 Å². The maximum absolute atomic E-state index is 13.0. The number of nitrogens with one attached hydrogen (secondary N) is 2. The van der Waals surface area contributed by atoms with Crippen molar-refractivity contribution in [2.24, 2.45) is 0 Å². The highest BCUT2D eigenvalue weighted by Crippen LogP contribution is 2.15. The molecule has 0 saturated carbocycles. The van der Waals surface area contributed by atoms with Gasteiger partial charge in [0.1, 0.15) is 5.75 Å². The van der Waals surface area contributed by atoms with Crippen molar-refractivity contribution in [3.63, 3.8) is 0 Å². The van der Waals surface area contributed by atoms with Crippen molar-refractivity contribution >= 4 is 28.7 Å². The molecule has 0 aliphatic heterocycles. The van der Waals surface area contributed by atoms with E-state index in [2.05, 4.69) is 26.9 Å². The molecule has 9 nitrogen and oxygen atoms in total. The molecule has 1 amide bonds. The standard InChI is InChI=1S/C23H28ClF2N5O4/c1-2-3-5-12-30-19-18(28-21(24)29-19)20(33)31(23(30)34)13-6-4-7-17(32)27-14-15-8-10-16(11-9-15)35-22(25)26/h8-11,22H,2-7,12-14H2,1H3,(H,27,32)(H,28,29). The van der Waals surface area contributed by atoms with Crippen molar-refractivity contribution in [2.45, 2.75) is 71.7 Å². The van der Waals surface area contributed by atoms with E-state index in [0.29, 0.717) is 19.4 Å². The van der Waals surface area contributed by atoms with Crippen LogP contribution in [-0.4, -0.2) is 31.6 Å².